The van der Waals surface area contributed by atoms with Crippen LogP contribution in [0.2, 0.25) is 0 Å². The lowest BCUT2D eigenvalue weighted by Crippen LogP contribution is -2.33. The highest BCUT2D eigenvalue weighted by Crippen LogP contribution is 2.23. The van der Waals surface area contributed by atoms with Crippen LogP contribution in [-0.2, 0) is 11.3 Å². The predicted molar refractivity (Wildman–Crippen MR) is 65.7 cm³/mol. The summed E-state index contributed by atoms with van der Waals surface area (Å²) in [6.45, 7) is 4.00. The fraction of sp³-hybridized carbons (Fsp3) is 0.500. The molecule has 0 unspecified atom stereocenters. The van der Waals surface area contributed by atoms with Gasteiger partial charge in [-0.3, -0.25) is 4.79 Å². The Kier molecular flexibility index (Phi) is 4.56. The summed E-state index contributed by atoms with van der Waals surface area (Å²) in [5.41, 5.74) is 0. The molecule has 0 fully saturated rings. The third-order valence-electron chi connectivity index (χ3n) is 2.72. The molecule has 0 radical (unpaired) electrons. The van der Waals surface area contributed by atoms with Gasteiger partial charge in [0.2, 0.25) is 0 Å². The van der Waals surface area contributed by atoms with E-state index in [1.807, 2.05) is 0 Å². The Morgan fingerprint density at radius 1 is 1.16 bits per heavy atom. The molecule has 104 valence electrons. The zero-order valence-corrected chi connectivity index (χ0v) is 10.6. The van der Waals surface area contributed by atoms with Crippen molar-refractivity contribution < 1.29 is 14.6 Å². The molecule has 0 N–H and O–H groups in total. The smallest absolute Gasteiger partial charge is 0.327 e. The minimum atomic E-state index is -0.748. The molecule has 0 aliphatic heterocycles. The Labute approximate surface area is 108 Å². The normalized spacial score (nSPS) is 10.2. The standard InChI is InChI=1S/C10H14N4O5/c1-3-11(4-2)10(15)7-12-8(13(16)17)5-6-9(12)14(18)19/h5-6H,3-4,7H2,1-2H3. The van der Waals surface area contributed by atoms with Gasteiger partial charge in [0.15, 0.2) is 6.54 Å². The lowest BCUT2D eigenvalue weighted by molar-refractivity contribution is -0.405. The van der Waals surface area contributed by atoms with E-state index in [4.69, 9.17) is 0 Å². The van der Waals surface area contributed by atoms with Crippen molar-refractivity contribution in [2.75, 3.05) is 13.1 Å². The van der Waals surface area contributed by atoms with Crippen LogP contribution >= 0.6 is 0 Å². The number of carbonyl (C=O) groups is 1. The van der Waals surface area contributed by atoms with Crippen molar-refractivity contribution in [3.63, 3.8) is 0 Å². The number of carbonyl (C=O) groups excluding carboxylic acids is 1. The number of likely N-dealkylation sites (N-methyl/N-ethyl adjacent to an activating group) is 1. The molecular formula is C10H14N4O5. The van der Waals surface area contributed by atoms with Gasteiger partial charge in [0, 0.05) is 25.2 Å². The summed E-state index contributed by atoms with van der Waals surface area (Å²) in [6, 6.07) is 2.04. The van der Waals surface area contributed by atoms with Gasteiger partial charge in [-0.05, 0) is 23.7 Å². The first-order chi connectivity index (χ1) is 8.92. The molecule has 1 aromatic heterocycles. The zero-order valence-electron chi connectivity index (χ0n) is 10.6. The van der Waals surface area contributed by atoms with Crippen molar-refractivity contribution in [1.82, 2.24) is 9.47 Å². The van der Waals surface area contributed by atoms with E-state index in [-0.39, 0.29) is 0 Å². The second-order valence-electron chi connectivity index (χ2n) is 3.72. The maximum atomic E-state index is 11.9. The van der Waals surface area contributed by atoms with E-state index >= 15 is 0 Å². The average molecular weight is 270 g/mol. The molecule has 0 saturated heterocycles. The van der Waals surface area contributed by atoms with Gasteiger partial charge in [-0.15, -0.1) is 0 Å². The second-order valence-corrected chi connectivity index (χ2v) is 3.72. The molecular weight excluding hydrogens is 256 g/mol. The molecule has 9 heteroatoms. The minimum absolute atomic E-state index is 0.396. The van der Waals surface area contributed by atoms with Gasteiger partial charge in [-0.2, -0.15) is 4.57 Å². The van der Waals surface area contributed by atoms with Gasteiger partial charge in [-0.1, -0.05) is 0 Å². The first-order valence-electron chi connectivity index (χ1n) is 5.68. The topological polar surface area (TPSA) is 112 Å². The molecule has 1 aromatic rings. The summed E-state index contributed by atoms with van der Waals surface area (Å²) < 4.78 is 0.806. The highest BCUT2D eigenvalue weighted by molar-refractivity contribution is 5.76. The first kappa shape index (κ1) is 14.6. The number of nitro groups is 2. The fourth-order valence-corrected chi connectivity index (χ4v) is 1.74. The summed E-state index contributed by atoms with van der Waals surface area (Å²) in [4.78, 5) is 33.4. The lowest BCUT2D eigenvalue weighted by atomic mass is 10.4. The van der Waals surface area contributed by atoms with Crippen molar-refractivity contribution in [2.45, 2.75) is 20.4 Å². The molecule has 0 spiro atoms. The monoisotopic (exact) mass is 270 g/mol. The third-order valence-corrected chi connectivity index (χ3v) is 2.72. The SMILES string of the molecule is CCN(CC)C(=O)Cn1c([N+](=O)[O-])ccc1[N+](=O)[O-]. The Hall–Kier alpha value is -2.45. The maximum Gasteiger partial charge on any atom is 0.327 e. The Balaban J connectivity index is 3.11. The van der Waals surface area contributed by atoms with Gasteiger partial charge in [0.1, 0.15) is 0 Å². The molecule has 9 nitrogen and oxygen atoms in total. The molecule has 0 saturated carbocycles. The van der Waals surface area contributed by atoms with E-state index in [1.54, 1.807) is 13.8 Å². The van der Waals surface area contributed by atoms with E-state index in [9.17, 15) is 25.0 Å². The van der Waals surface area contributed by atoms with Crippen LogP contribution in [0, 0.1) is 20.2 Å². The summed E-state index contributed by atoms with van der Waals surface area (Å²) >= 11 is 0. The molecule has 1 amide bonds. The van der Waals surface area contributed by atoms with E-state index < -0.39 is 33.9 Å². The van der Waals surface area contributed by atoms with Gasteiger partial charge >= 0.3 is 11.6 Å². The number of hydrogen-bond donors (Lipinski definition) is 0. The number of nitrogens with zero attached hydrogens (tertiary/aromatic N) is 4. The molecule has 0 bridgehead atoms. The second kappa shape index (κ2) is 5.94. The number of hydrogen-bond acceptors (Lipinski definition) is 5. The van der Waals surface area contributed by atoms with Crippen LogP contribution in [-0.4, -0.2) is 38.3 Å². The maximum absolute atomic E-state index is 11.9. The van der Waals surface area contributed by atoms with E-state index in [1.165, 1.54) is 4.90 Å². The van der Waals surface area contributed by atoms with E-state index in [0.717, 1.165) is 16.7 Å². The van der Waals surface area contributed by atoms with Crippen LogP contribution in [0.5, 0.6) is 0 Å². The highest BCUT2D eigenvalue weighted by Gasteiger charge is 2.26. The minimum Gasteiger partial charge on any atom is -0.358 e. The van der Waals surface area contributed by atoms with Crippen LogP contribution in [0.1, 0.15) is 13.8 Å². The van der Waals surface area contributed by atoms with Crippen LogP contribution in [0.25, 0.3) is 0 Å². The summed E-state index contributed by atoms with van der Waals surface area (Å²) in [6.07, 6.45) is 0. The zero-order chi connectivity index (χ0) is 14.6. The number of rotatable bonds is 6. The van der Waals surface area contributed by atoms with Crippen molar-refractivity contribution >= 4 is 17.5 Å². The van der Waals surface area contributed by atoms with Crippen molar-refractivity contribution in [3.8, 4) is 0 Å². The largest absolute Gasteiger partial charge is 0.358 e. The number of amides is 1. The van der Waals surface area contributed by atoms with Gasteiger partial charge in [-0.25, -0.2) is 0 Å². The van der Waals surface area contributed by atoms with Crippen molar-refractivity contribution in [1.29, 1.82) is 0 Å². The highest BCUT2D eigenvalue weighted by atomic mass is 16.6. The van der Waals surface area contributed by atoms with Gasteiger partial charge in [0.25, 0.3) is 5.91 Å². The fourth-order valence-electron chi connectivity index (χ4n) is 1.74. The number of aromatic nitrogens is 1. The Morgan fingerprint density at radius 2 is 1.58 bits per heavy atom. The van der Waals surface area contributed by atoms with Gasteiger partial charge < -0.3 is 25.1 Å². The summed E-state index contributed by atoms with van der Waals surface area (Å²) in [5, 5.41) is 21.6. The van der Waals surface area contributed by atoms with E-state index in [0.29, 0.717) is 13.1 Å². The molecule has 19 heavy (non-hydrogen) atoms. The molecule has 0 atom stereocenters. The first-order valence-corrected chi connectivity index (χ1v) is 5.68. The van der Waals surface area contributed by atoms with E-state index in [2.05, 4.69) is 0 Å². The molecule has 0 aromatic carbocycles. The molecule has 0 aliphatic carbocycles. The summed E-state index contributed by atoms with van der Waals surface area (Å²) in [5.74, 6) is -1.33. The molecule has 0 aliphatic rings. The van der Waals surface area contributed by atoms with Crippen molar-refractivity contribution in [2.24, 2.45) is 0 Å². The molecule has 1 heterocycles. The quantitative estimate of drug-likeness (QED) is 0.569. The Morgan fingerprint density at radius 3 is 1.89 bits per heavy atom. The van der Waals surface area contributed by atoms with Crippen LogP contribution in [0.3, 0.4) is 0 Å². The van der Waals surface area contributed by atoms with Crippen molar-refractivity contribution in [3.05, 3.63) is 32.4 Å². The van der Waals surface area contributed by atoms with Gasteiger partial charge in [0.05, 0.1) is 0 Å². The van der Waals surface area contributed by atoms with Crippen LogP contribution in [0.4, 0.5) is 11.6 Å². The summed E-state index contributed by atoms with van der Waals surface area (Å²) in [7, 11) is 0. The van der Waals surface area contributed by atoms with Crippen LogP contribution < -0.4 is 0 Å². The predicted octanol–water partition coefficient (Wildman–Crippen LogP) is 1.17. The molecule has 1 rings (SSSR count). The third kappa shape index (κ3) is 3.06. The lowest BCUT2D eigenvalue weighted by Gasteiger charge is -2.17. The van der Waals surface area contributed by atoms with Crippen LogP contribution in [0.15, 0.2) is 12.1 Å². The average Bonchev–Trinajstić information content (AvgIpc) is 2.74. The Bertz CT molecular complexity index is 475.